The van der Waals surface area contributed by atoms with Gasteiger partial charge in [-0.1, -0.05) is 18.2 Å². The number of hydrogen-bond donors (Lipinski definition) is 2. The number of nitrogens with one attached hydrogen (secondary N) is 2. The molecule has 7 nitrogen and oxygen atoms in total. The minimum absolute atomic E-state index is 0.101. The van der Waals surface area contributed by atoms with Gasteiger partial charge in [0.25, 0.3) is 0 Å². The van der Waals surface area contributed by atoms with Gasteiger partial charge in [-0.25, -0.2) is 4.79 Å². The van der Waals surface area contributed by atoms with Crippen LogP contribution in [0.2, 0.25) is 0 Å². The van der Waals surface area contributed by atoms with Gasteiger partial charge < -0.3 is 25.0 Å². The van der Waals surface area contributed by atoms with Crippen molar-refractivity contribution in [2.75, 3.05) is 25.7 Å². The van der Waals surface area contributed by atoms with Gasteiger partial charge in [0, 0.05) is 23.9 Å². The van der Waals surface area contributed by atoms with E-state index in [4.69, 9.17) is 9.47 Å². The van der Waals surface area contributed by atoms with E-state index in [2.05, 4.69) is 10.6 Å². The maximum Gasteiger partial charge on any atom is 0.315 e. The fourth-order valence-electron chi connectivity index (χ4n) is 3.33. The highest BCUT2D eigenvalue weighted by atomic mass is 16.5. The number of anilines is 1. The molecule has 1 heterocycles. The summed E-state index contributed by atoms with van der Waals surface area (Å²) in [6.45, 7) is 2.44. The fourth-order valence-corrected chi connectivity index (χ4v) is 3.33. The van der Waals surface area contributed by atoms with Gasteiger partial charge in [-0.2, -0.15) is 0 Å². The molecule has 3 amide bonds. The molecule has 2 aromatic carbocycles. The smallest absolute Gasteiger partial charge is 0.315 e. The summed E-state index contributed by atoms with van der Waals surface area (Å²) in [6.07, 6.45) is 0.571. The second-order valence-corrected chi connectivity index (χ2v) is 6.61. The Labute approximate surface area is 164 Å². The number of hydrogen-bond acceptors (Lipinski definition) is 4. The average molecular weight is 383 g/mol. The Balaban J connectivity index is 1.61. The summed E-state index contributed by atoms with van der Waals surface area (Å²) >= 11 is 0. The molecule has 0 spiro atoms. The minimum Gasteiger partial charge on any atom is -0.497 e. The molecule has 0 aliphatic carbocycles. The van der Waals surface area contributed by atoms with E-state index in [9.17, 15) is 9.59 Å². The number of rotatable bonds is 6. The number of nitrogens with zero attached hydrogens (tertiary/aromatic N) is 1. The SMILES string of the molecule is COc1ccc([C@H](C)NC(=O)N[C@H]2CCN(c3ccccc3)C2=O)c(OC)c1. The highest BCUT2D eigenvalue weighted by Crippen LogP contribution is 2.29. The largest absolute Gasteiger partial charge is 0.497 e. The van der Waals surface area contributed by atoms with E-state index in [0.29, 0.717) is 24.5 Å². The van der Waals surface area contributed by atoms with Crippen LogP contribution in [-0.4, -0.2) is 38.7 Å². The number of para-hydroxylation sites is 1. The fraction of sp³-hybridized carbons (Fsp3) is 0.333. The van der Waals surface area contributed by atoms with Crippen molar-refractivity contribution in [3.63, 3.8) is 0 Å². The van der Waals surface area contributed by atoms with E-state index >= 15 is 0 Å². The van der Waals surface area contributed by atoms with Gasteiger partial charge >= 0.3 is 6.03 Å². The van der Waals surface area contributed by atoms with E-state index < -0.39 is 12.1 Å². The number of amides is 3. The third kappa shape index (κ3) is 4.19. The van der Waals surface area contributed by atoms with Crippen molar-refractivity contribution in [3.8, 4) is 11.5 Å². The standard InChI is InChI=1S/C21H25N3O4/c1-14(17-10-9-16(27-2)13-19(17)28-3)22-21(26)23-18-11-12-24(20(18)25)15-7-5-4-6-8-15/h4-10,13-14,18H,11-12H2,1-3H3,(H2,22,23,26)/t14-,18-/m0/s1. The van der Waals surface area contributed by atoms with Gasteiger partial charge in [0.05, 0.1) is 20.3 Å². The topological polar surface area (TPSA) is 79.9 Å². The van der Waals surface area contributed by atoms with Crippen LogP contribution in [0.3, 0.4) is 0 Å². The molecule has 148 valence electrons. The highest BCUT2D eigenvalue weighted by Gasteiger charge is 2.33. The Morgan fingerprint density at radius 1 is 1.14 bits per heavy atom. The van der Waals surface area contributed by atoms with E-state index in [1.165, 1.54) is 0 Å². The summed E-state index contributed by atoms with van der Waals surface area (Å²) in [5.41, 5.74) is 1.66. The number of benzene rings is 2. The zero-order chi connectivity index (χ0) is 20.1. The van der Waals surface area contributed by atoms with Crippen molar-refractivity contribution in [2.24, 2.45) is 0 Å². The molecule has 28 heavy (non-hydrogen) atoms. The maximum atomic E-state index is 12.6. The van der Waals surface area contributed by atoms with Crippen molar-refractivity contribution in [1.82, 2.24) is 10.6 Å². The highest BCUT2D eigenvalue weighted by molar-refractivity contribution is 6.01. The third-order valence-electron chi connectivity index (χ3n) is 4.83. The number of urea groups is 1. The van der Waals surface area contributed by atoms with Crippen LogP contribution in [-0.2, 0) is 4.79 Å². The zero-order valence-electron chi connectivity index (χ0n) is 16.3. The van der Waals surface area contributed by atoms with Gasteiger partial charge in [-0.3, -0.25) is 4.79 Å². The molecule has 1 aliphatic heterocycles. The summed E-state index contributed by atoms with van der Waals surface area (Å²) in [4.78, 5) is 26.7. The first kappa shape index (κ1) is 19.5. The Hall–Kier alpha value is -3.22. The van der Waals surface area contributed by atoms with Crippen molar-refractivity contribution in [1.29, 1.82) is 0 Å². The molecule has 0 aromatic heterocycles. The lowest BCUT2D eigenvalue weighted by atomic mass is 10.1. The summed E-state index contributed by atoms with van der Waals surface area (Å²) in [6, 6.07) is 13.7. The van der Waals surface area contributed by atoms with Crippen LogP contribution in [0.5, 0.6) is 11.5 Å². The number of carbonyl (C=O) groups excluding carboxylic acids is 2. The molecule has 2 aromatic rings. The molecule has 1 fully saturated rings. The summed E-state index contributed by atoms with van der Waals surface area (Å²) in [5, 5.41) is 5.65. The molecule has 2 N–H and O–H groups in total. The number of methoxy groups -OCH3 is 2. The monoisotopic (exact) mass is 383 g/mol. The second kappa shape index (κ2) is 8.65. The van der Waals surface area contributed by atoms with Crippen LogP contribution in [0, 0.1) is 0 Å². The van der Waals surface area contributed by atoms with Gasteiger partial charge in [0.1, 0.15) is 17.5 Å². The quantitative estimate of drug-likeness (QED) is 0.804. The van der Waals surface area contributed by atoms with Crippen LogP contribution in [0.4, 0.5) is 10.5 Å². The first-order chi connectivity index (χ1) is 13.5. The molecule has 1 aliphatic rings. The van der Waals surface area contributed by atoms with E-state index in [0.717, 1.165) is 11.3 Å². The van der Waals surface area contributed by atoms with E-state index in [1.54, 1.807) is 25.2 Å². The molecule has 0 saturated carbocycles. The lowest BCUT2D eigenvalue weighted by Gasteiger charge is -2.20. The van der Waals surface area contributed by atoms with Crippen LogP contribution in [0.1, 0.15) is 24.9 Å². The van der Waals surface area contributed by atoms with Gasteiger partial charge in [0.2, 0.25) is 5.91 Å². The average Bonchev–Trinajstić information content (AvgIpc) is 3.08. The maximum absolute atomic E-state index is 12.6. The van der Waals surface area contributed by atoms with Crippen molar-refractivity contribution >= 4 is 17.6 Å². The number of ether oxygens (including phenoxy) is 2. The van der Waals surface area contributed by atoms with Crippen molar-refractivity contribution < 1.29 is 19.1 Å². The number of carbonyl (C=O) groups is 2. The molecular weight excluding hydrogens is 358 g/mol. The molecule has 7 heteroatoms. The Kier molecular flexibility index (Phi) is 6.03. The molecule has 3 rings (SSSR count). The predicted octanol–water partition coefficient (Wildman–Crippen LogP) is 2.87. The molecule has 1 saturated heterocycles. The Bertz CT molecular complexity index is 841. The van der Waals surface area contributed by atoms with Crippen LogP contribution in [0.15, 0.2) is 48.5 Å². The first-order valence-corrected chi connectivity index (χ1v) is 9.19. The van der Waals surface area contributed by atoms with Gasteiger partial charge in [0.15, 0.2) is 0 Å². The normalized spacial score (nSPS) is 17.2. The lowest BCUT2D eigenvalue weighted by molar-refractivity contribution is -0.118. The summed E-state index contributed by atoms with van der Waals surface area (Å²) < 4.78 is 10.6. The minimum atomic E-state index is -0.537. The third-order valence-corrected chi connectivity index (χ3v) is 4.83. The molecular formula is C21H25N3O4. The lowest BCUT2D eigenvalue weighted by Crippen LogP contribution is -2.46. The molecule has 2 atom stereocenters. The second-order valence-electron chi connectivity index (χ2n) is 6.61. The Morgan fingerprint density at radius 2 is 1.89 bits per heavy atom. The molecule has 0 unspecified atom stereocenters. The first-order valence-electron chi connectivity index (χ1n) is 9.19. The Morgan fingerprint density at radius 3 is 2.57 bits per heavy atom. The van der Waals surface area contributed by atoms with Crippen molar-refractivity contribution in [2.45, 2.75) is 25.4 Å². The zero-order valence-corrected chi connectivity index (χ0v) is 16.3. The van der Waals surface area contributed by atoms with Crippen LogP contribution in [0.25, 0.3) is 0 Å². The van der Waals surface area contributed by atoms with E-state index in [1.807, 2.05) is 49.4 Å². The van der Waals surface area contributed by atoms with Crippen LogP contribution < -0.4 is 25.0 Å². The molecule has 0 radical (unpaired) electrons. The van der Waals surface area contributed by atoms with E-state index in [-0.39, 0.29) is 11.9 Å². The summed E-state index contributed by atoms with van der Waals surface area (Å²) in [7, 11) is 3.15. The predicted molar refractivity (Wildman–Crippen MR) is 107 cm³/mol. The van der Waals surface area contributed by atoms with Gasteiger partial charge in [-0.05, 0) is 37.6 Å². The molecule has 0 bridgehead atoms. The van der Waals surface area contributed by atoms with Crippen molar-refractivity contribution in [3.05, 3.63) is 54.1 Å². The summed E-state index contributed by atoms with van der Waals surface area (Å²) in [5.74, 6) is 1.20. The van der Waals surface area contributed by atoms with Crippen LogP contribution >= 0.6 is 0 Å². The van der Waals surface area contributed by atoms with Gasteiger partial charge in [-0.15, -0.1) is 0 Å².